The van der Waals surface area contributed by atoms with E-state index in [2.05, 4.69) is 30.5 Å². The normalized spacial score (nSPS) is 14.4. The standard InChI is InChI=1S/C17H20N2OS/c1-10-8-15(12(3)21-10)11(2)19-17(20)14-4-5-16-13(9-14)6-7-18-16/h4-5,8-9,11,18H,6-7H2,1-3H3,(H,19,20). The van der Waals surface area contributed by atoms with Crippen molar-refractivity contribution in [2.24, 2.45) is 0 Å². The summed E-state index contributed by atoms with van der Waals surface area (Å²) in [7, 11) is 0. The molecule has 0 aliphatic carbocycles. The molecule has 1 aliphatic rings. The summed E-state index contributed by atoms with van der Waals surface area (Å²) >= 11 is 1.78. The van der Waals surface area contributed by atoms with Crippen LogP contribution in [0.5, 0.6) is 0 Å². The number of rotatable bonds is 3. The molecule has 21 heavy (non-hydrogen) atoms. The van der Waals surface area contributed by atoms with Gasteiger partial charge in [0.1, 0.15) is 0 Å². The number of thiophene rings is 1. The number of aryl methyl sites for hydroxylation is 2. The van der Waals surface area contributed by atoms with Crippen LogP contribution in [0.4, 0.5) is 5.69 Å². The molecule has 1 aromatic carbocycles. The predicted molar refractivity (Wildman–Crippen MR) is 88.3 cm³/mol. The Bertz CT molecular complexity index is 690. The molecule has 2 N–H and O–H groups in total. The van der Waals surface area contributed by atoms with E-state index in [9.17, 15) is 4.79 Å². The van der Waals surface area contributed by atoms with Crippen LogP contribution in [0.2, 0.25) is 0 Å². The molecule has 3 rings (SSSR count). The van der Waals surface area contributed by atoms with E-state index in [-0.39, 0.29) is 11.9 Å². The maximum absolute atomic E-state index is 12.4. The van der Waals surface area contributed by atoms with E-state index in [0.717, 1.165) is 24.2 Å². The van der Waals surface area contributed by atoms with Gasteiger partial charge in [0.05, 0.1) is 6.04 Å². The fourth-order valence-electron chi connectivity index (χ4n) is 2.88. The lowest BCUT2D eigenvalue weighted by Gasteiger charge is -2.14. The summed E-state index contributed by atoms with van der Waals surface area (Å²) in [6, 6.07) is 8.10. The second-order valence-corrected chi connectivity index (χ2v) is 7.07. The van der Waals surface area contributed by atoms with Gasteiger partial charge in [0.2, 0.25) is 0 Å². The number of hydrogen-bond donors (Lipinski definition) is 2. The summed E-state index contributed by atoms with van der Waals surface area (Å²) in [6.07, 6.45) is 0.995. The molecule has 2 heterocycles. The minimum atomic E-state index is 0.000420. The van der Waals surface area contributed by atoms with Gasteiger partial charge < -0.3 is 10.6 Å². The summed E-state index contributed by atoms with van der Waals surface area (Å²) in [6.45, 7) is 7.21. The van der Waals surface area contributed by atoms with Crippen molar-refractivity contribution in [3.05, 3.63) is 50.7 Å². The third-order valence-electron chi connectivity index (χ3n) is 3.97. The topological polar surface area (TPSA) is 41.1 Å². The largest absolute Gasteiger partial charge is 0.384 e. The highest BCUT2D eigenvalue weighted by Gasteiger charge is 2.17. The molecule has 1 unspecified atom stereocenters. The number of hydrogen-bond acceptors (Lipinski definition) is 3. The molecule has 0 bridgehead atoms. The molecule has 1 amide bonds. The summed E-state index contributed by atoms with van der Waals surface area (Å²) in [5, 5.41) is 6.42. The lowest BCUT2D eigenvalue weighted by atomic mass is 10.1. The van der Waals surface area contributed by atoms with Crippen molar-refractivity contribution in [1.82, 2.24) is 5.32 Å². The first-order valence-electron chi connectivity index (χ1n) is 7.29. The van der Waals surface area contributed by atoms with Gasteiger partial charge in [-0.3, -0.25) is 4.79 Å². The summed E-state index contributed by atoms with van der Waals surface area (Å²) in [5.74, 6) is 0.000420. The first kappa shape index (κ1) is 14.1. The number of nitrogens with one attached hydrogen (secondary N) is 2. The van der Waals surface area contributed by atoms with Crippen LogP contribution >= 0.6 is 11.3 Å². The van der Waals surface area contributed by atoms with E-state index in [1.54, 1.807) is 11.3 Å². The molecule has 0 saturated heterocycles. The van der Waals surface area contributed by atoms with Crippen molar-refractivity contribution in [2.75, 3.05) is 11.9 Å². The smallest absolute Gasteiger partial charge is 0.251 e. The van der Waals surface area contributed by atoms with E-state index in [1.165, 1.54) is 20.9 Å². The van der Waals surface area contributed by atoms with Crippen LogP contribution in [-0.4, -0.2) is 12.5 Å². The lowest BCUT2D eigenvalue weighted by Crippen LogP contribution is -2.26. The second kappa shape index (κ2) is 5.53. The number of carbonyl (C=O) groups is 1. The van der Waals surface area contributed by atoms with Gasteiger partial charge in [0.25, 0.3) is 5.91 Å². The molecule has 0 spiro atoms. The lowest BCUT2D eigenvalue weighted by molar-refractivity contribution is 0.0940. The number of carbonyl (C=O) groups excluding carboxylic acids is 1. The van der Waals surface area contributed by atoms with E-state index >= 15 is 0 Å². The Morgan fingerprint density at radius 3 is 2.86 bits per heavy atom. The van der Waals surface area contributed by atoms with Crippen LogP contribution in [-0.2, 0) is 6.42 Å². The highest BCUT2D eigenvalue weighted by atomic mass is 32.1. The van der Waals surface area contributed by atoms with E-state index in [1.807, 2.05) is 25.1 Å². The van der Waals surface area contributed by atoms with Gasteiger partial charge in [0.15, 0.2) is 0 Å². The minimum absolute atomic E-state index is 0.000420. The van der Waals surface area contributed by atoms with Gasteiger partial charge in [-0.05, 0) is 62.6 Å². The summed E-state index contributed by atoms with van der Waals surface area (Å²) in [4.78, 5) is 15.0. The molecular weight excluding hydrogens is 280 g/mol. The van der Waals surface area contributed by atoms with Crippen molar-refractivity contribution < 1.29 is 4.79 Å². The van der Waals surface area contributed by atoms with E-state index in [0.29, 0.717) is 0 Å². The average molecular weight is 300 g/mol. The van der Waals surface area contributed by atoms with Gasteiger partial charge in [-0.1, -0.05) is 0 Å². The van der Waals surface area contributed by atoms with E-state index < -0.39 is 0 Å². The maximum atomic E-state index is 12.4. The SMILES string of the molecule is Cc1cc(C(C)NC(=O)c2ccc3c(c2)CCN3)c(C)s1. The first-order chi connectivity index (χ1) is 10.0. The van der Waals surface area contributed by atoms with Crippen LogP contribution in [0.1, 0.15) is 44.2 Å². The monoisotopic (exact) mass is 300 g/mol. The number of amides is 1. The molecule has 1 aliphatic heterocycles. The predicted octanol–water partition coefficient (Wildman–Crippen LogP) is 3.82. The van der Waals surface area contributed by atoms with Gasteiger partial charge in [-0.2, -0.15) is 0 Å². The Hall–Kier alpha value is -1.81. The zero-order valence-electron chi connectivity index (χ0n) is 12.6. The Kier molecular flexibility index (Phi) is 3.72. The van der Waals surface area contributed by atoms with Crippen LogP contribution in [0.15, 0.2) is 24.3 Å². The van der Waals surface area contributed by atoms with Gasteiger partial charge in [-0.25, -0.2) is 0 Å². The quantitative estimate of drug-likeness (QED) is 0.904. The minimum Gasteiger partial charge on any atom is -0.384 e. The summed E-state index contributed by atoms with van der Waals surface area (Å²) in [5.41, 5.74) is 4.35. The zero-order chi connectivity index (χ0) is 15.0. The molecule has 1 aromatic heterocycles. The number of benzene rings is 1. The van der Waals surface area contributed by atoms with Crippen molar-refractivity contribution in [3.63, 3.8) is 0 Å². The van der Waals surface area contributed by atoms with Gasteiger partial charge in [0, 0.05) is 27.5 Å². The molecule has 0 fully saturated rings. The van der Waals surface area contributed by atoms with E-state index in [4.69, 9.17) is 0 Å². The fraction of sp³-hybridized carbons (Fsp3) is 0.353. The third kappa shape index (κ3) is 2.81. The average Bonchev–Trinajstić information content (AvgIpc) is 3.03. The van der Waals surface area contributed by atoms with Crippen LogP contribution in [0, 0.1) is 13.8 Å². The van der Waals surface area contributed by atoms with Crippen LogP contribution in [0.3, 0.4) is 0 Å². The zero-order valence-corrected chi connectivity index (χ0v) is 13.4. The molecule has 2 aromatic rings. The van der Waals surface area contributed by atoms with Crippen molar-refractivity contribution in [2.45, 2.75) is 33.2 Å². The van der Waals surface area contributed by atoms with Crippen molar-refractivity contribution in [3.8, 4) is 0 Å². The van der Waals surface area contributed by atoms with Crippen LogP contribution < -0.4 is 10.6 Å². The second-order valence-electron chi connectivity index (χ2n) is 5.61. The van der Waals surface area contributed by atoms with Gasteiger partial charge in [-0.15, -0.1) is 11.3 Å². The van der Waals surface area contributed by atoms with Crippen molar-refractivity contribution >= 4 is 22.9 Å². The van der Waals surface area contributed by atoms with Crippen molar-refractivity contribution in [1.29, 1.82) is 0 Å². The Morgan fingerprint density at radius 2 is 2.14 bits per heavy atom. The highest BCUT2D eigenvalue weighted by Crippen LogP contribution is 2.27. The highest BCUT2D eigenvalue weighted by molar-refractivity contribution is 7.12. The number of anilines is 1. The molecule has 0 saturated carbocycles. The number of fused-ring (bicyclic) bond motifs is 1. The molecule has 0 radical (unpaired) electrons. The Morgan fingerprint density at radius 1 is 1.33 bits per heavy atom. The van der Waals surface area contributed by atoms with Gasteiger partial charge >= 0.3 is 0 Å². The summed E-state index contributed by atoms with van der Waals surface area (Å²) < 4.78 is 0. The fourth-order valence-corrected chi connectivity index (χ4v) is 3.91. The molecule has 4 heteroatoms. The molecule has 3 nitrogen and oxygen atoms in total. The maximum Gasteiger partial charge on any atom is 0.251 e. The molecule has 1 atom stereocenters. The Labute approximate surface area is 129 Å². The molecular formula is C17H20N2OS. The Balaban J connectivity index is 1.75. The van der Waals surface area contributed by atoms with Crippen LogP contribution in [0.25, 0.3) is 0 Å². The third-order valence-corrected chi connectivity index (χ3v) is 4.95. The molecule has 110 valence electrons. The first-order valence-corrected chi connectivity index (χ1v) is 8.11.